The van der Waals surface area contributed by atoms with Gasteiger partial charge in [0.15, 0.2) is 0 Å². The summed E-state index contributed by atoms with van der Waals surface area (Å²) in [5.41, 5.74) is 4.71. The second kappa shape index (κ2) is 7.28. The molecule has 4 heteroatoms. The standard InChI is InChI=1S/C21H25N3O/c25-21(18-7-6-16-8-11-22-12-9-17(16)14-18)23-19-10-13-24(15-19)20-4-2-1-3-5-20/h1-7,14,19,22H,8-13,15H2,(H,23,25)/t19-/m0/s1. The van der Waals surface area contributed by atoms with E-state index in [1.165, 1.54) is 16.8 Å². The van der Waals surface area contributed by atoms with E-state index in [0.717, 1.165) is 51.0 Å². The van der Waals surface area contributed by atoms with Crippen LogP contribution >= 0.6 is 0 Å². The number of nitrogens with one attached hydrogen (secondary N) is 2. The predicted molar refractivity (Wildman–Crippen MR) is 101 cm³/mol. The van der Waals surface area contributed by atoms with Crippen molar-refractivity contribution < 1.29 is 4.79 Å². The summed E-state index contributed by atoms with van der Waals surface area (Å²) < 4.78 is 0. The normalized spacial score (nSPS) is 20.0. The molecule has 4 nitrogen and oxygen atoms in total. The van der Waals surface area contributed by atoms with Crippen molar-refractivity contribution in [1.29, 1.82) is 0 Å². The molecule has 0 aromatic heterocycles. The van der Waals surface area contributed by atoms with E-state index in [-0.39, 0.29) is 11.9 Å². The molecule has 2 aromatic rings. The number of hydrogen-bond donors (Lipinski definition) is 2. The van der Waals surface area contributed by atoms with Crippen molar-refractivity contribution in [2.24, 2.45) is 0 Å². The van der Waals surface area contributed by atoms with Crippen molar-refractivity contribution in [1.82, 2.24) is 10.6 Å². The Kier molecular flexibility index (Phi) is 4.70. The van der Waals surface area contributed by atoms with Crippen molar-refractivity contribution in [3.63, 3.8) is 0 Å². The SMILES string of the molecule is O=C(N[C@H]1CCN(c2ccccc2)C1)c1ccc2c(c1)CCNCC2. The molecule has 0 bridgehead atoms. The van der Waals surface area contributed by atoms with Crippen molar-refractivity contribution in [2.75, 3.05) is 31.1 Å². The third-order valence-electron chi connectivity index (χ3n) is 5.26. The summed E-state index contributed by atoms with van der Waals surface area (Å²) in [6.45, 7) is 3.89. The maximum atomic E-state index is 12.7. The molecule has 130 valence electrons. The monoisotopic (exact) mass is 335 g/mol. The van der Waals surface area contributed by atoms with E-state index in [1.54, 1.807) is 0 Å². The topological polar surface area (TPSA) is 44.4 Å². The van der Waals surface area contributed by atoms with Gasteiger partial charge in [-0.2, -0.15) is 0 Å². The molecule has 2 heterocycles. The molecule has 4 rings (SSSR count). The Hall–Kier alpha value is -2.33. The van der Waals surface area contributed by atoms with Gasteiger partial charge in [-0.1, -0.05) is 24.3 Å². The molecule has 0 saturated carbocycles. The average Bonchev–Trinajstić information content (AvgIpc) is 2.98. The fraction of sp³-hybridized carbons (Fsp3) is 0.381. The van der Waals surface area contributed by atoms with Crippen LogP contribution in [0.3, 0.4) is 0 Å². The zero-order valence-electron chi connectivity index (χ0n) is 14.5. The molecule has 0 spiro atoms. The molecule has 2 aliphatic heterocycles. The van der Waals surface area contributed by atoms with Crippen molar-refractivity contribution >= 4 is 11.6 Å². The fourth-order valence-corrected chi connectivity index (χ4v) is 3.84. The van der Waals surface area contributed by atoms with Gasteiger partial charge in [-0.15, -0.1) is 0 Å². The van der Waals surface area contributed by atoms with Crippen LogP contribution in [0.4, 0.5) is 5.69 Å². The summed E-state index contributed by atoms with van der Waals surface area (Å²) in [6, 6.07) is 16.8. The maximum Gasteiger partial charge on any atom is 0.251 e. The Labute approximate surface area is 149 Å². The first-order valence-electron chi connectivity index (χ1n) is 9.23. The van der Waals surface area contributed by atoms with E-state index in [9.17, 15) is 4.79 Å². The highest BCUT2D eigenvalue weighted by atomic mass is 16.1. The summed E-state index contributed by atoms with van der Waals surface area (Å²) in [6.07, 6.45) is 3.04. The molecule has 1 amide bonds. The lowest BCUT2D eigenvalue weighted by Gasteiger charge is -2.19. The lowest BCUT2D eigenvalue weighted by molar-refractivity contribution is 0.0940. The van der Waals surface area contributed by atoms with E-state index in [2.05, 4.69) is 51.9 Å². The second-order valence-corrected chi connectivity index (χ2v) is 6.97. The number of para-hydroxylation sites is 1. The number of hydrogen-bond acceptors (Lipinski definition) is 3. The lowest BCUT2D eigenvalue weighted by atomic mass is 9.99. The van der Waals surface area contributed by atoms with Crippen molar-refractivity contribution in [3.05, 3.63) is 65.2 Å². The Morgan fingerprint density at radius 1 is 1.04 bits per heavy atom. The highest BCUT2D eigenvalue weighted by Crippen LogP contribution is 2.20. The Morgan fingerprint density at radius 2 is 1.84 bits per heavy atom. The molecule has 2 aliphatic rings. The van der Waals surface area contributed by atoms with Gasteiger partial charge in [0.25, 0.3) is 5.91 Å². The Morgan fingerprint density at radius 3 is 2.68 bits per heavy atom. The van der Waals surface area contributed by atoms with Crippen LogP contribution in [-0.4, -0.2) is 38.1 Å². The summed E-state index contributed by atoms with van der Waals surface area (Å²) in [5.74, 6) is 0.0555. The smallest absolute Gasteiger partial charge is 0.251 e. The van der Waals surface area contributed by atoms with E-state index in [4.69, 9.17) is 0 Å². The van der Waals surface area contributed by atoms with Crippen molar-refractivity contribution in [2.45, 2.75) is 25.3 Å². The second-order valence-electron chi connectivity index (χ2n) is 6.97. The molecule has 0 aliphatic carbocycles. The number of amides is 1. The predicted octanol–water partition coefficient (Wildman–Crippen LogP) is 2.38. The quantitative estimate of drug-likeness (QED) is 0.905. The highest BCUT2D eigenvalue weighted by molar-refractivity contribution is 5.94. The molecule has 1 saturated heterocycles. The third-order valence-corrected chi connectivity index (χ3v) is 5.26. The van der Waals surface area contributed by atoms with Crippen LogP contribution in [0.15, 0.2) is 48.5 Å². The largest absolute Gasteiger partial charge is 0.369 e. The summed E-state index contributed by atoms with van der Waals surface area (Å²) in [5, 5.41) is 6.64. The van der Waals surface area contributed by atoms with Gasteiger partial charge in [0, 0.05) is 30.4 Å². The first-order chi connectivity index (χ1) is 12.3. The van der Waals surface area contributed by atoms with Gasteiger partial charge in [0.05, 0.1) is 0 Å². The highest BCUT2D eigenvalue weighted by Gasteiger charge is 2.24. The molecule has 1 fully saturated rings. The van der Waals surface area contributed by atoms with Crippen LogP contribution < -0.4 is 15.5 Å². The van der Waals surface area contributed by atoms with Crippen LogP contribution in [0.1, 0.15) is 27.9 Å². The van der Waals surface area contributed by atoms with Crippen molar-refractivity contribution in [3.8, 4) is 0 Å². The third kappa shape index (κ3) is 3.69. The lowest BCUT2D eigenvalue weighted by Crippen LogP contribution is -2.37. The van der Waals surface area contributed by atoms with Crippen LogP contribution in [0.25, 0.3) is 0 Å². The molecule has 0 radical (unpaired) electrons. The summed E-state index contributed by atoms with van der Waals surface area (Å²) >= 11 is 0. The fourth-order valence-electron chi connectivity index (χ4n) is 3.84. The average molecular weight is 335 g/mol. The molecule has 2 N–H and O–H groups in total. The first-order valence-corrected chi connectivity index (χ1v) is 9.23. The van der Waals surface area contributed by atoms with Gasteiger partial charge < -0.3 is 15.5 Å². The van der Waals surface area contributed by atoms with Gasteiger partial charge in [0.2, 0.25) is 0 Å². The number of nitrogens with zero attached hydrogens (tertiary/aromatic N) is 1. The van der Waals surface area contributed by atoms with E-state index >= 15 is 0 Å². The van der Waals surface area contributed by atoms with Gasteiger partial charge >= 0.3 is 0 Å². The molecule has 25 heavy (non-hydrogen) atoms. The van der Waals surface area contributed by atoms with Crippen LogP contribution in [0.2, 0.25) is 0 Å². The van der Waals surface area contributed by atoms with Gasteiger partial charge in [-0.05, 0) is 67.7 Å². The van der Waals surface area contributed by atoms with Crippen LogP contribution in [0, 0.1) is 0 Å². The number of rotatable bonds is 3. The minimum absolute atomic E-state index is 0.0555. The molecular formula is C21H25N3O. The number of anilines is 1. The molecular weight excluding hydrogens is 310 g/mol. The van der Waals surface area contributed by atoms with E-state index < -0.39 is 0 Å². The van der Waals surface area contributed by atoms with Gasteiger partial charge in [-0.3, -0.25) is 4.79 Å². The number of fused-ring (bicyclic) bond motifs is 1. The Balaban J connectivity index is 1.40. The zero-order chi connectivity index (χ0) is 17.1. The number of carbonyl (C=O) groups excluding carboxylic acids is 1. The zero-order valence-corrected chi connectivity index (χ0v) is 14.5. The van der Waals surface area contributed by atoms with Gasteiger partial charge in [0.1, 0.15) is 0 Å². The van der Waals surface area contributed by atoms with Crippen LogP contribution in [-0.2, 0) is 12.8 Å². The minimum atomic E-state index is 0.0555. The van der Waals surface area contributed by atoms with E-state index in [1.807, 2.05) is 12.1 Å². The molecule has 2 aromatic carbocycles. The number of carbonyl (C=O) groups is 1. The van der Waals surface area contributed by atoms with Crippen LogP contribution in [0.5, 0.6) is 0 Å². The Bertz CT molecular complexity index is 744. The molecule has 1 atom stereocenters. The summed E-state index contributed by atoms with van der Waals surface area (Å²) in [7, 11) is 0. The van der Waals surface area contributed by atoms with Gasteiger partial charge in [-0.25, -0.2) is 0 Å². The minimum Gasteiger partial charge on any atom is -0.369 e. The van der Waals surface area contributed by atoms with E-state index in [0.29, 0.717) is 0 Å². The maximum absolute atomic E-state index is 12.7. The number of benzene rings is 2. The molecule has 0 unspecified atom stereocenters. The first kappa shape index (κ1) is 16.2. The summed E-state index contributed by atoms with van der Waals surface area (Å²) in [4.78, 5) is 15.0.